The summed E-state index contributed by atoms with van der Waals surface area (Å²) in [6.45, 7) is 1.77. The third-order valence-corrected chi connectivity index (χ3v) is 5.00. The van der Waals surface area contributed by atoms with Crippen LogP contribution < -0.4 is 9.47 Å². The maximum Gasteiger partial charge on any atom is 0.161 e. The van der Waals surface area contributed by atoms with Gasteiger partial charge in [0.25, 0.3) is 0 Å². The minimum Gasteiger partial charge on any atom is -0.493 e. The second kappa shape index (κ2) is 6.81. The van der Waals surface area contributed by atoms with Crippen molar-refractivity contribution in [1.82, 2.24) is 14.5 Å². The number of hydrogen-bond acceptors (Lipinski definition) is 6. The van der Waals surface area contributed by atoms with Crippen molar-refractivity contribution in [2.45, 2.75) is 25.4 Å². The summed E-state index contributed by atoms with van der Waals surface area (Å²) in [6, 6.07) is 6.47. The third kappa shape index (κ3) is 3.04. The van der Waals surface area contributed by atoms with Crippen LogP contribution in [0, 0.1) is 0 Å². The summed E-state index contributed by atoms with van der Waals surface area (Å²) in [5, 5.41) is 4.12. The van der Waals surface area contributed by atoms with Crippen LogP contribution in [0.25, 0.3) is 0 Å². The lowest BCUT2D eigenvalue weighted by Crippen LogP contribution is -2.23. The van der Waals surface area contributed by atoms with E-state index in [1.807, 2.05) is 6.07 Å². The topological polar surface area (TPSA) is 47.5 Å². The van der Waals surface area contributed by atoms with E-state index >= 15 is 0 Å². The molecule has 0 aliphatic carbocycles. The quantitative estimate of drug-likeness (QED) is 0.833. The van der Waals surface area contributed by atoms with E-state index in [0.717, 1.165) is 43.1 Å². The maximum absolute atomic E-state index is 6.13. The molecule has 0 amide bonds. The lowest BCUT2D eigenvalue weighted by Gasteiger charge is -2.24. The molecule has 3 rings (SSSR count). The van der Waals surface area contributed by atoms with E-state index in [1.165, 1.54) is 17.1 Å². The minimum absolute atomic E-state index is 0.345. The van der Waals surface area contributed by atoms with Gasteiger partial charge in [0.2, 0.25) is 0 Å². The zero-order valence-corrected chi connectivity index (χ0v) is 14.2. The highest BCUT2D eigenvalue weighted by Gasteiger charge is 2.28. The van der Waals surface area contributed by atoms with Gasteiger partial charge in [0.05, 0.1) is 14.2 Å². The number of benzene rings is 1. The second-order valence-corrected chi connectivity index (χ2v) is 6.59. The first kappa shape index (κ1) is 15.5. The van der Waals surface area contributed by atoms with Crippen molar-refractivity contribution in [1.29, 1.82) is 0 Å². The number of hydrogen-bond donors (Lipinski definition) is 0. The van der Waals surface area contributed by atoms with Gasteiger partial charge in [-0.1, -0.05) is 22.2 Å². The van der Waals surface area contributed by atoms with Crippen LogP contribution in [0.15, 0.2) is 18.2 Å². The molecule has 1 aromatic heterocycles. The van der Waals surface area contributed by atoms with E-state index in [2.05, 4.69) is 26.6 Å². The molecule has 2 heterocycles. The Balaban J connectivity index is 1.82. The van der Waals surface area contributed by atoms with Crippen LogP contribution in [0.2, 0.25) is 4.34 Å². The van der Waals surface area contributed by atoms with Crippen molar-refractivity contribution in [2.24, 2.45) is 0 Å². The predicted octanol–water partition coefficient (Wildman–Crippen LogP) is 3.55. The predicted molar refractivity (Wildman–Crippen MR) is 86.9 cm³/mol. The first-order valence-electron chi connectivity index (χ1n) is 7.15. The van der Waals surface area contributed by atoms with Gasteiger partial charge in [-0.3, -0.25) is 4.90 Å². The SMILES string of the molecule is COc1ccc(C2CCCN2Cc2nnsc2Cl)cc1OC. The monoisotopic (exact) mass is 339 g/mol. The van der Waals surface area contributed by atoms with E-state index in [0.29, 0.717) is 10.4 Å². The molecule has 118 valence electrons. The van der Waals surface area contributed by atoms with Crippen LogP contribution in [0.3, 0.4) is 0 Å². The molecular weight excluding hydrogens is 322 g/mol. The maximum atomic E-state index is 6.13. The minimum atomic E-state index is 0.345. The lowest BCUT2D eigenvalue weighted by molar-refractivity contribution is 0.244. The highest BCUT2D eigenvalue weighted by molar-refractivity contribution is 7.10. The highest BCUT2D eigenvalue weighted by Crippen LogP contribution is 2.38. The fraction of sp³-hybridized carbons (Fsp3) is 0.467. The molecule has 22 heavy (non-hydrogen) atoms. The fourth-order valence-corrected chi connectivity index (χ4v) is 3.55. The number of likely N-dealkylation sites (tertiary alicyclic amines) is 1. The van der Waals surface area contributed by atoms with Gasteiger partial charge in [-0.25, -0.2) is 0 Å². The Bertz CT molecular complexity index is 649. The Morgan fingerprint density at radius 2 is 2.14 bits per heavy atom. The molecule has 1 aliphatic rings. The van der Waals surface area contributed by atoms with Crippen LogP contribution in [0.4, 0.5) is 0 Å². The van der Waals surface area contributed by atoms with E-state index in [-0.39, 0.29) is 0 Å². The molecule has 5 nitrogen and oxygen atoms in total. The lowest BCUT2D eigenvalue weighted by atomic mass is 10.0. The highest BCUT2D eigenvalue weighted by atomic mass is 35.5. The molecule has 0 saturated carbocycles. The number of methoxy groups -OCH3 is 2. The van der Waals surface area contributed by atoms with Crippen molar-refractivity contribution in [3.63, 3.8) is 0 Å². The Morgan fingerprint density at radius 3 is 2.82 bits per heavy atom. The third-order valence-electron chi connectivity index (χ3n) is 4.02. The van der Waals surface area contributed by atoms with Crippen LogP contribution in [0.1, 0.15) is 30.1 Å². The van der Waals surface area contributed by atoms with Crippen molar-refractivity contribution in [2.75, 3.05) is 20.8 Å². The first-order chi connectivity index (χ1) is 10.7. The van der Waals surface area contributed by atoms with Crippen molar-refractivity contribution >= 4 is 23.1 Å². The summed E-state index contributed by atoms with van der Waals surface area (Å²) in [5.74, 6) is 1.52. The summed E-state index contributed by atoms with van der Waals surface area (Å²) in [6.07, 6.45) is 2.28. The van der Waals surface area contributed by atoms with Crippen molar-refractivity contribution in [3.8, 4) is 11.5 Å². The molecule has 1 aromatic carbocycles. The molecule has 0 bridgehead atoms. The van der Waals surface area contributed by atoms with Gasteiger partial charge in [0, 0.05) is 24.1 Å². The van der Waals surface area contributed by atoms with Gasteiger partial charge in [-0.05, 0) is 37.1 Å². The van der Waals surface area contributed by atoms with Gasteiger partial charge in [-0.15, -0.1) is 5.10 Å². The van der Waals surface area contributed by atoms with Crippen LogP contribution in [-0.4, -0.2) is 35.3 Å². The Hall–Kier alpha value is -1.37. The van der Waals surface area contributed by atoms with Gasteiger partial charge in [0.1, 0.15) is 10.0 Å². The second-order valence-electron chi connectivity index (χ2n) is 5.24. The van der Waals surface area contributed by atoms with E-state index < -0.39 is 0 Å². The van der Waals surface area contributed by atoms with E-state index in [4.69, 9.17) is 21.1 Å². The van der Waals surface area contributed by atoms with Gasteiger partial charge in [-0.2, -0.15) is 0 Å². The number of rotatable bonds is 5. The smallest absolute Gasteiger partial charge is 0.161 e. The van der Waals surface area contributed by atoms with Crippen LogP contribution in [0.5, 0.6) is 11.5 Å². The number of aromatic nitrogens is 2. The fourth-order valence-electron chi connectivity index (χ4n) is 2.94. The average molecular weight is 340 g/mol. The zero-order chi connectivity index (χ0) is 15.5. The molecule has 1 atom stereocenters. The van der Waals surface area contributed by atoms with E-state index in [1.54, 1.807) is 14.2 Å². The summed E-state index contributed by atoms with van der Waals surface area (Å²) in [5.41, 5.74) is 2.09. The number of nitrogens with zero attached hydrogens (tertiary/aromatic N) is 3. The average Bonchev–Trinajstić information content (AvgIpc) is 3.16. The van der Waals surface area contributed by atoms with E-state index in [9.17, 15) is 0 Å². The number of halogens is 1. The molecule has 0 spiro atoms. The molecule has 0 radical (unpaired) electrons. The summed E-state index contributed by atoms with van der Waals surface area (Å²) >= 11 is 7.37. The summed E-state index contributed by atoms with van der Waals surface area (Å²) in [7, 11) is 3.31. The molecule has 1 aliphatic heterocycles. The number of ether oxygens (including phenoxy) is 2. The Kier molecular flexibility index (Phi) is 4.81. The van der Waals surface area contributed by atoms with Crippen molar-refractivity contribution < 1.29 is 9.47 Å². The largest absolute Gasteiger partial charge is 0.493 e. The van der Waals surface area contributed by atoms with Gasteiger partial charge >= 0.3 is 0 Å². The molecule has 2 aromatic rings. The van der Waals surface area contributed by atoms with Gasteiger partial charge in [0.15, 0.2) is 11.5 Å². The molecule has 0 N–H and O–H groups in total. The molecule has 1 unspecified atom stereocenters. The normalized spacial score (nSPS) is 18.6. The molecular formula is C15H18ClN3O2S. The molecule has 7 heteroatoms. The van der Waals surface area contributed by atoms with Crippen LogP contribution >= 0.6 is 23.1 Å². The summed E-state index contributed by atoms with van der Waals surface area (Å²) in [4.78, 5) is 2.39. The molecule has 1 saturated heterocycles. The summed E-state index contributed by atoms with van der Waals surface area (Å²) < 4.78 is 15.3. The van der Waals surface area contributed by atoms with Gasteiger partial charge < -0.3 is 9.47 Å². The molecule has 1 fully saturated rings. The van der Waals surface area contributed by atoms with Crippen molar-refractivity contribution in [3.05, 3.63) is 33.8 Å². The Morgan fingerprint density at radius 1 is 1.32 bits per heavy atom. The zero-order valence-electron chi connectivity index (χ0n) is 12.6. The first-order valence-corrected chi connectivity index (χ1v) is 8.30. The van der Waals surface area contributed by atoms with Crippen LogP contribution in [-0.2, 0) is 6.54 Å². The standard InChI is InChI=1S/C15H18ClN3O2S/c1-20-13-6-5-10(8-14(13)21-2)12-4-3-7-19(12)9-11-15(16)22-18-17-11/h5-6,8,12H,3-4,7,9H2,1-2H3. The Labute approximate surface area is 139 Å².